The molecule has 2 amide bonds. The van der Waals surface area contributed by atoms with Gasteiger partial charge in [0.2, 0.25) is 0 Å². The average molecular weight is 365 g/mol. The Bertz CT molecular complexity index is 800. The Kier molecular flexibility index (Phi) is 7.89. The lowest BCUT2D eigenvalue weighted by Gasteiger charge is -2.15. The van der Waals surface area contributed by atoms with Crippen LogP contribution in [0.15, 0.2) is 54.6 Å². The molecule has 0 saturated heterocycles. The number of nitrogens with zero attached hydrogens (tertiary/aromatic N) is 1. The van der Waals surface area contributed by atoms with E-state index < -0.39 is 5.91 Å². The molecule has 0 bridgehead atoms. The van der Waals surface area contributed by atoms with E-state index in [-0.39, 0.29) is 19.1 Å². The number of nitrogens with one attached hydrogen (secondary N) is 2. The van der Waals surface area contributed by atoms with E-state index in [1.807, 2.05) is 48.5 Å². The van der Waals surface area contributed by atoms with Gasteiger partial charge in [-0.1, -0.05) is 48.5 Å². The maximum atomic E-state index is 11.9. The van der Waals surface area contributed by atoms with E-state index in [0.29, 0.717) is 18.7 Å². The smallest absolute Gasteiger partial charge is 0.276 e. The summed E-state index contributed by atoms with van der Waals surface area (Å²) in [6.07, 6.45) is 5.75. The molecule has 0 spiro atoms. The molecule has 2 rings (SSSR count). The summed E-state index contributed by atoms with van der Waals surface area (Å²) in [4.78, 5) is 25.5. The molecule has 0 aliphatic heterocycles. The molecule has 0 aliphatic rings. The van der Waals surface area contributed by atoms with E-state index in [1.54, 1.807) is 18.0 Å². The summed E-state index contributed by atoms with van der Waals surface area (Å²) in [6.45, 7) is 0.536. The Labute approximate surface area is 159 Å². The van der Waals surface area contributed by atoms with E-state index in [2.05, 4.69) is 16.8 Å². The number of terminal acetylenes is 1. The number of rotatable bonds is 8. The molecule has 2 N–H and O–H groups in total. The van der Waals surface area contributed by atoms with Gasteiger partial charge in [-0.05, 0) is 18.7 Å². The summed E-state index contributed by atoms with van der Waals surface area (Å²) in [5, 5.41) is 0. The first-order chi connectivity index (χ1) is 13.1. The lowest BCUT2D eigenvalue weighted by molar-refractivity contribution is -0.130. The van der Waals surface area contributed by atoms with Gasteiger partial charge in [-0.2, -0.15) is 0 Å². The third-order valence-corrected chi connectivity index (χ3v) is 3.72. The van der Waals surface area contributed by atoms with Crippen molar-refractivity contribution < 1.29 is 14.3 Å². The molecule has 0 radical (unpaired) electrons. The van der Waals surface area contributed by atoms with E-state index >= 15 is 0 Å². The van der Waals surface area contributed by atoms with Gasteiger partial charge >= 0.3 is 0 Å². The lowest BCUT2D eigenvalue weighted by Crippen LogP contribution is -2.47. The van der Waals surface area contributed by atoms with Crippen LogP contribution in [0.25, 0.3) is 11.1 Å². The highest BCUT2D eigenvalue weighted by Gasteiger charge is 2.10. The molecule has 0 unspecified atom stereocenters. The second-order valence-corrected chi connectivity index (χ2v) is 5.94. The summed E-state index contributed by atoms with van der Waals surface area (Å²) >= 11 is 0. The second kappa shape index (κ2) is 10.6. The fourth-order valence-corrected chi connectivity index (χ4v) is 2.39. The van der Waals surface area contributed by atoms with Gasteiger partial charge in [0.15, 0.2) is 6.61 Å². The number of hydrogen-bond donors (Lipinski definition) is 2. The molecule has 0 heterocycles. The first-order valence-corrected chi connectivity index (χ1v) is 8.57. The molecule has 2 aromatic carbocycles. The monoisotopic (exact) mass is 365 g/mol. The highest BCUT2D eigenvalue weighted by Crippen LogP contribution is 2.29. The number of likely N-dealkylation sites (N-methyl/N-ethyl adjacent to an activating group) is 1. The average Bonchev–Trinajstić information content (AvgIpc) is 2.70. The summed E-state index contributed by atoms with van der Waals surface area (Å²) < 4.78 is 5.62. The molecular weight excluding hydrogens is 342 g/mol. The molecule has 0 aliphatic carbocycles. The molecule has 27 heavy (non-hydrogen) atoms. The van der Waals surface area contributed by atoms with Crippen LogP contribution in [0.1, 0.15) is 6.42 Å². The van der Waals surface area contributed by atoms with Gasteiger partial charge in [-0.25, -0.2) is 0 Å². The number of hydrazine groups is 1. The molecule has 0 atom stereocenters. The zero-order valence-corrected chi connectivity index (χ0v) is 15.3. The number of benzene rings is 2. The summed E-state index contributed by atoms with van der Waals surface area (Å²) in [6, 6.07) is 17.2. The van der Waals surface area contributed by atoms with Crippen molar-refractivity contribution in [3.8, 4) is 29.2 Å². The molecule has 0 aromatic heterocycles. The van der Waals surface area contributed by atoms with Crippen molar-refractivity contribution in [1.29, 1.82) is 0 Å². The SMILES string of the molecule is C#CCCN(C)CC(=O)NNC(=O)COc1ccccc1-c1ccccc1. The van der Waals surface area contributed by atoms with Crippen LogP contribution in [0.4, 0.5) is 0 Å². The number of carbonyl (C=O) groups excluding carboxylic acids is 2. The minimum atomic E-state index is -0.447. The van der Waals surface area contributed by atoms with Gasteiger partial charge in [0.25, 0.3) is 11.8 Å². The zero-order valence-electron chi connectivity index (χ0n) is 15.3. The Morgan fingerprint density at radius 2 is 1.70 bits per heavy atom. The summed E-state index contributed by atoms with van der Waals surface area (Å²) in [5.74, 6) is 2.33. The zero-order chi connectivity index (χ0) is 19.5. The number of amides is 2. The van der Waals surface area contributed by atoms with Gasteiger partial charge in [-0.3, -0.25) is 25.3 Å². The van der Waals surface area contributed by atoms with Crippen molar-refractivity contribution in [2.24, 2.45) is 0 Å². The molecule has 2 aromatic rings. The molecule has 140 valence electrons. The fourth-order valence-electron chi connectivity index (χ4n) is 2.39. The topological polar surface area (TPSA) is 70.7 Å². The molecule has 6 heteroatoms. The maximum absolute atomic E-state index is 11.9. The maximum Gasteiger partial charge on any atom is 0.276 e. The van der Waals surface area contributed by atoms with Crippen LogP contribution in [0.2, 0.25) is 0 Å². The van der Waals surface area contributed by atoms with E-state index in [1.165, 1.54) is 0 Å². The van der Waals surface area contributed by atoms with Crippen molar-refractivity contribution in [2.45, 2.75) is 6.42 Å². The van der Waals surface area contributed by atoms with Crippen molar-refractivity contribution >= 4 is 11.8 Å². The highest BCUT2D eigenvalue weighted by molar-refractivity contribution is 5.83. The van der Waals surface area contributed by atoms with Crippen molar-refractivity contribution in [2.75, 3.05) is 26.7 Å². The van der Waals surface area contributed by atoms with E-state index in [0.717, 1.165) is 11.1 Å². The van der Waals surface area contributed by atoms with Crippen molar-refractivity contribution in [1.82, 2.24) is 15.8 Å². The molecule has 0 fully saturated rings. The molecule has 0 saturated carbocycles. The number of para-hydroxylation sites is 1. The Morgan fingerprint density at radius 3 is 2.44 bits per heavy atom. The van der Waals surface area contributed by atoms with Crippen LogP contribution in [0.3, 0.4) is 0 Å². The summed E-state index contributed by atoms with van der Waals surface area (Å²) in [5.41, 5.74) is 6.59. The van der Waals surface area contributed by atoms with Crippen LogP contribution in [0.5, 0.6) is 5.75 Å². The van der Waals surface area contributed by atoms with Gasteiger partial charge in [0.1, 0.15) is 5.75 Å². The molecule has 6 nitrogen and oxygen atoms in total. The van der Waals surface area contributed by atoms with Gasteiger partial charge in [0, 0.05) is 18.5 Å². The number of hydrogen-bond acceptors (Lipinski definition) is 4. The summed E-state index contributed by atoms with van der Waals surface area (Å²) in [7, 11) is 1.78. The fraction of sp³-hybridized carbons (Fsp3) is 0.238. The first-order valence-electron chi connectivity index (χ1n) is 8.57. The van der Waals surface area contributed by atoms with Crippen LogP contribution < -0.4 is 15.6 Å². The largest absolute Gasteiger partial charge is 0.483 e. The minimum absolute atomic E-state index is 0.139. The highest BCUT2D eigenvalue weighted by atomic mass is 16.5. The third-order valence-electron chi connectivity index (χ3n) is 3.72. The lowest BCUT2D eigenvalue weighted by atomic mass is 10.1. The molecular formula is C21H23N3O3. The number of ether oxygens (including phenoxy) is 1. The van der Waals surface area contributed by atoms with Gasteiger partial charge in [-0.15, -0.1) is 12.3 Å². The normalized spacial score (nSPS) is 10.1. The Morgan fingerprint density at radius 1 is 1.04 bits per heavy atom. The van der Waals surface area contributed by atoms with Crippen LogP contribution in [0, 0.1) is 12.3 Å². The van der Waals surface area contributed by atoms with E-state index in [9.17, 15) is 9.59 Å². The quantitative estimate of drug-likeness (QED) is 0.553. The standard InChI is InChI=1S/C21H23N3O3/c1-3-4-14-24(2)15-20(25)22-23-21(26)16-27-19-13-9-8-12-18(19)17-10-6-5-7-11-17/h1,5-13H,4,14-16H2,2H3,(H,22,25)(H,23,26). The van der Waals surface area contributed by atoms with Crippen LogP contribution in [-0.4, -0.2) is 43.5 Å². The first kappa shape index (κ1) is 20.0. The van der Waals surface area contributed by atoms with Crippen LogP contribution >= 0.6 is 0 Å². The predicted molar refractivity (Wildman–Crippen MR) is 105 cm³/mol. The van der Waals surface area contributed by atoms with Crippen molar-refractivity contribution in [3.63, 3.8) is 0 Å². The second-order valence-electron chi connectivity index (χ2n) is 5.94. The van der Waals surface area contributed by atoms with E-state index in [4.69, 9.17) is 11.2 Å². The number of carbonyl (C=O) groups is 2. The Balaban J connectivity index is 1.81. The van der Waals surface area contributed by atoms with Crippen molar-refractivity contribution in [3.05, 3.63) is 54.6 Å². The van der Waals surface area contributed by atoms with Gasteiger partial charge < -0.3 is 4.74 Å². The van der Waals surface area contributed by atoms with Gasteiger partial charge in [0.05, 0.1) is 6.54 Å². The minimum Gasteiger partial charge on any atom is -0.483 e. The predicted octanol–water partition coefficient (Wildman–Crippen LogP) is 1.83. The third kappa shape index (κ3) is 6.84. The Hall–Kier alpha value is -3.30. The van der Waals surface area contributed by atoms with Crippen LogP contribution in [-0.2, 0) is 9.59 Å².